The molecule has 3 aromatic rings. The number of methoxy groups -OCH3 is 1. The number of benzene rings is 2. The first-order valence-corrected chi connectivity index (χ1v) is 9.52. The lowest BCUT2D eigenvalue weighted by Gasteiger charge is -2.16. The van der Waals surface area contributed by atoms with Crippen LogP contribution in [0.4, 0.5) is 0 Å². The van der Waals surface area contributed by atoms with Crippen LogP contribution in [0.15, 0.2) is 77.4 Å². The third-order valence-electron chi connectivity index (χ3n) is 4.32. The molecule has 0 bridgehead atoms. The molecule has 1 N–H and O–H groups in total. The largest absolute Gasteiger partial charge is 0.468 e. The maximum absolute atomic E-state index is 12.3. The van der Waals surface area contributed by atoms with E-state index in [0.717, 1.165) is 16.7 Å². The molecule has 28 heavy (non-hydrogen) atoms. The van der Waals surface area contributed by atoms with E-state index in [0.29, 0.717) is 4.60 Å². The van der Waals surface area contributed by atoms with Crippen LogP contribution >= 0.6 is 15.9 Å². The first kappa shape index (κ1) is 19.8. The molecule has 0 aliphatic carbocycles. The van der Waals surface area contributed by atoms with Gasteiger partial charge in [-0.15, -0.1) is 0 Å². The molecule has 1 amide bonds. The molecule has 1 heterocycles. The van der Waals surface area contributed by atoms with Crippen LogP contribution in [-0.4, -0.2) is 30.5 Å². The molecule has 0 saturated heterocycles. The topological polar surface area (TPSA) is 68.3 Å². The normalized spacial score (nSPS) is 11.5. The van der Waals surface area contributed by atoms with E-state index in [1.165, 1.54) is 7.11 Å². The van der Waals surface area contributed by atoms with Crippen molar-refractivity contribution in [3.63, 3.8) is 0 Å². The van der Waals surface area contributed by atoms with Gasteiger partial charge in [0.1, 0.15) is 10.3 Å². The standard InChI is InChI=1S/C22H19BrN2O3/c1-28-22(27)18(14-24-21(26)19-8-5-9-20(23)25-19)17-12-10-16(11-13-17)15-6-3-2-4-7-15/h2-13,18H,14H2,1H3,(H,24,26)/t18-/m1/s1. The van der Waals surface area contributed by atoms with E-state index in [2.05, 4.69) is 26.2 Å². The second-order valence-corrected chi connectivity index (χ2v) is 6.93. The smallest absolute Gasteiger partial charge is 0.314 e. The van der Waals surface area contributed by atoms with Crippen LogP contribution in [0.5, 0.6) is 0 Å². The van der Waals surface area contributed by atoms with Crippen LogP contribution in [-0.2, 0) is 9.53 Å². The Kier molecular flexibility index (Phi) is 6.55. The lowest BCUT2D eigenvalue weighted by atomic mass is 9.96. The monoisotopic (exact) mass is 438 g/mol. The zero-order valence-corrected chi connectivity index (χ0v) is 16.8. The van der Waals surface area contributed by atoms with Crippen LogP contribution in [0, 0.1) is 0 Å². The molecule has 1 aromatic heterocycles. The summed E-state index contributed by atoms with van der Waals surface area (Å²) >= 11 is 3.24. The van der Waals surface area contributed by atoms with Crippen molar-refractivity contribution < 1.29 is 14.3 Å². The van der Waals surface area contributed by atoms with Crippen LogP contribution in [0.3, 0.4) is 0 Å². The van der Waals surface area contributed by atoms with Crippen molar-refractivity contribution in [1.29, 1.82) is 0 Å². The van der Waals surface area contributed by atoms with Gasteiger partial charge in [0, 0.05) is 6.54 Å². The minimum Gasteiger partial charge on any atom is -0.468 e. The van der Waals surface area contributed by atoms with E-state index in [1.54, 1.807) is 18.2 Å². The Bertz CT molecular complexity index is 959. The van der Waals surface area contributed by atoms with Crippen molar-refractivity contribution in [3.05, 3.63) is 88.7 Å². The average molecular weight is 439 g/mol. The molecule has 0 saturated carbocycles. The van der Waals surface area contributed by atoms with Gasteiger partial charge >= 0.3 is 5.97 Å². The summed E-state index contributed by atoms with van der Waals surface area (Å²) in [6.45, 7) is 0.115. The van der Waals surface area contributed by atoms with Gasteiger partial charge in [-0.3, -0.25) is 9.59 Å². The minimum absolute atomic E-state index is 0.115. The van der Waals surface area contributed by atoms with Crippen molar-refractivity contribution in [3.8, 4) is 11.1 Å². The fraction of sp³-hybridized carbons (Fsp3) is 0.136. The molecule has 0 unspecified atom stereocenters. The predicted octanol–water partition coefficient (Wildman–Crippen LogP) is 4.20. The minimum atomic E-state index is -0.606. The number of nitrogens with zero attached hydrogens (tertiary/aromatic N) is 1. The summed E-state index contributed by atoms with van der Waals surface area (Å²) in [4.78, 5) is 28.7. The van der Waals surface area contributed by atoms with E-state index in [4.69, 9.17) is 4.74 Å². The second kappa shape index (κ2) is 9.28. The van der Waals surface area contributed by atoms with Crippen LogP contribution < -0.4 is 5.32 Å². The summed E-state index contributed by atoms with van der Waals surface area (Å²) in [6.07, 6.45) is 0. The molecular formula is C22H19BrN2O3. The Morgan fingerprint density at radius 1 is 0.964 bits per heavy atom. The van der Waals surface area contributed by atoms with E-state index in [-0.39, 0.29) is 18.1 Å². The molecule has 0 spiro atoms. The quantitative estimate of drug-likeness (QED) is 0.462. The molecule has 3 rings (SSSR count). The number of nitrogens with one attached hydrogen (secondary N) is 1. The molecule has 0 aliphatic heterocycles. The Hall–Kier alpha value is -2.99. The third kappa shape index (κ3) is 4.84. The van der Waals surface area contributed by atoms with Gasteiger partial charge in [0.05, 0.1) is 13.0 Å². The average Bonchev–Trinajstić information content (AvgIpc) is 2.74. The molecule has 1 atom stereocenters. The number of amides is 1. The Morgan fingerprint density at radius 2 is 1.64 bits per heavy atom. The SMILES string of the molecule is COC(=O)[C@H](CNC(=O)c1cccc(Br)n1)c1ccc(-c2ccccc2)cc1. The van der Waals surface area contributed by atoms with Gasteiger partial charge < -0.3 is 10.1 Å². The molecular weight excluding hydrogens is 420 g/mol. The summed E-state index contributed by atoms with van der Waals surface area (Å²) in [6, 6.07) is 22.7. The van der Waals surface area contributed by atoms with E-state index in [1.807, 2.05) is 54.6 Å². The van der Waals surface area contributed by atoms with Crippen LogP contribution in [0.2, 0.25) is 0 Å². The number of esters is 1. The number of rotatable bonds is 6. The maximum Gasteiger partial charge on any atom is 0.314 e. The van der Waals surface area contributed by atoms with Crippen molar-refractivity contribution in [2.45, 2.75) is 5.92 Å². The first-order valence-electron chi connectivity index (χ1n) is 8.72. The van der Waals surface area contributed by atoms with Gasteiger partial charge in [0.25, 0.3) is 5.91 Å². The van der Waals surface area contributed by atoms with Gasteiger partial charge in [-0.2, -0.15) is 0 Å². The highest BCUT2D eigenvalue weighted by molar-refractivity contribution is 9.10. The lowest BCUT2D eigenvalue weighted by Crippen LogP contribution is -2.32. The van der Waals surface area contributed by atoms with Gasteiger partial charge in [-0.1, -0.05) is 60.7 Å². The summed E-state index contributed by atoms with van der Waals surface area (Å²) in [5.74, 6) is -1.36. The van der Waals surface area contributed by atoms with Crippen molar-refractivity contribution in [2.24, 2.45) is 0 Å². The summed E-state index contributed by atoms with van der Waals surface area (Å²) in [5.41, 5.74) is 3.19. The van der Waals surface area contributed by atoms with Gasteiger partial charge in [0.15, 0.2) is 0 Å². The molecule has 0 aliphatic rings. The molecule has 5 nitrogen and oxygen atoms in total. The maximum atomic E-state index is 12.3. The molecule has 0 radical (unpaired) electrons. The fourth-order valence-corrected chi connectivity index (χ4v) is 3.18. The van der Waals surface area contributed by atoms with Gasteiger partial charge in [-0.25, -0.2) is 4.98 Å². The highest BCUT2D eigenvalue weighted by Crippen LogP contribution is 2.23. The number of carbonyl (C=O) groups is 2. The highest BCUT2D eigenvalue weighted by atomic mass is 79.9. The first-order chi connectivity index (χ1) is 13.6. The van der Waals surface area contributed by atoms with E-state index >= 15 is 0 Å². The van der Waals surface area contributed by atoms with E-state index in [9.17, 15) is 9.59 Å². The predicted molar refractivity (Wildman–Crippen MR) is 111 cm³/mol. The zero-order chi connectivity index (χ0) is 19.9. The zero-order valence-electron chi connectivity index (χ0n) is 15.3. The fourth-order valence-electron chi connectivity index (χ4n) is 2.84. The Balaban J connectivity index is 1.75. The van der Waals surface area contributed by atoms with Gasteiger partial charge in [-0.05, 0) is 44.8 Å². The lowest BCUT2D eigenvalue weighted by molar-refractivity contribution is -0.142. The number of halogens is 1. The molecule has 142 valence electrons. The summed E-state index contributed by atoms with van der Waals surface area (Å²) < 4.78 is 5.50. The number of pyridine rings is 1. The number of hydrogen-bond acceptors (Lipinski definition) is 4. The summed E-state index contributed by atoms with van der Waals surface area (Å²) in [5, 5.41) is 2.76. The van der Waals surface area contributed by atoms with Gasteiger partial charge in [0.2, 0.25) is 0 Å². The van der Waals surface area contributed by atoms with Crippen LogP contribution in [0.1, 0.15) is 22.0 Å². The van der Waals surface area contributed by atoms with Crippen molar-refractivity contribution in [1.82, 2.24) is 10.3 Å². The van der Waals surface area contributed by atoms with Crippen molar-refractivity contribution >= 4 is 27.8 Å². The number of ether oxygens (including phenoxy) is 1. The third-order valence-corrected chi connectivity index (χ3v) is 4.76. The number of aromatic nitrogens is 1. The molecule has 0 fully saturated rings. The molecule has 6 heteroatoms. The highest BCUT2D eigenvalue weighted by Gasteiger charge is 2.23. The summed E-state index contributed by atoms with van der Waals surface area (Å²) in [7, 11) is 1.34. The Labute approximate surface area is 171 Å². The van der Waals surface area contributed by atoms with Crippen LogP contribution in [0.25, 0.3) is 11.1 Å². The number of hydrogen-bond donors (Lipinski definition) is 1. The van der Waals surface area contributed by atoms with E-state index < -0.39 is 11.9 Å². The number of carbonyl (C=O) groups excluding carboxylic acids is 2. The van der Waals surface area contributed by atoms with Crippen molar-refractivity contribution in [2.75, 3.05) is 13.7 Å². The Morgan fingerprint density at radius 3 is 2.29 bits per heavy atom. The molecule has 2 aromatic carbocycles. The second-order valence-electron chi connectivity index (χ2n) is 6.12.